The molecule has 3 rings (SSSR count). The summed E-state index contributed by atoms with van der Waals surface area (Å²) in [7, 11) is 1.27. The topological polar surface area (TPSA) is 74.1 Å². The van der Waals surface area contributed by atoms with Crippen LogP contribution in [0.3, 0.4) is 0 Å². The van der Waals surface area contributed by atoms with Crippen molar-refractivity contribution in [2.75, 3.05) is 7.11 Å². The largest absolute Gasteiger partial charge is 0.465 e. The molecule has 0 saturated heterocycles. The molecule has 1 heterocycles. The Morgan fingerprint density at radius 1 is 1.00 bits per heavy atom. The molecule has 6 nitrogen and oxygen atoms in total. The van der Waals surface area contributed by atoms with Gasteiger partial charge >= 0.3 is 5.97 Å². The quantitative estimate of drug-likeness (QED) is 0.671. The fourth-order valence-corrected chi connectivity index (χ4v) is 2.09. The highest BCUT2D eigenvalue weighted by Crippen LogP contribution is 2.15. The minimum absolute atomic E-state index is 0.199. The molecule has 0 atom stereocenters. The van der Waals surface area contributed by atoms with Crippen LogP contribution in [0.4, 0.5) is 0 Å². The molecule has 2 aromatic carbocycles. The first-order valence-electron chi connectivity index (χ1n) is 6.25. The third-order valence-corrected chi connectivity index (χ3v) is 3.11. The SMILES string of the molecule is COC(=O)c1ccccc1C(=O)n1nnc2ccccc21. The average Bonchev–Trinajstić information content (AvgIpc) is 2.97. The number of fused-ring (bicyclic) bond motifs is 1. The molecule has 21 heavy (non-hydrogen) atoms. The van der Waals surface area contributed by atoms with Crippen molar-refractivity contribution in [1.82, 2.24) is 15.0 Å². The second-order valence-corrected chi connectivity index (χ2v) is 4.33. The number of hydrogen-bond acceptors (Lipinski definition) is 5. The summed E-state index contributed by atoms with van der Waals surface area (Å²) < 4.78 is 5.87. The molecular formula is C15H11N3O3. The van der Waals surface area contributed by atoms with Crippen molar-refractivity contribution >= 4 is 22.9 Å². The number of methoxy groups -OCH3 is 1. The number of ether oxygens (including phenoxy) is 1. The number of carbonyl (C=O) groups is 2. The normalized spacial score (nSPS) is 10.5. The summed E-state index contributed by atoms with van der Waals surface area (Å²) in [5.74, 6) is -0.993. The Balaban J connectivity index is 2.13. The van der Waals surface area contributed by atoms with Gasteiger partial charge in [0.15, 0.2) is 0 Å². The highest BCUT2D eigenvalue weighted by Gasteiger charge is 2.20. The van der Waals surface area contributed by atoms with Gasteiger partial charge in [0.25, 0.3) is 5.91 Å². The molecule has 0 aliphatic heterocycles. The van der Waals surface area contributed by atoms with Crippen LogP contribution in [-0.2, 0) is 4.74 Å². The van der Waals surface area contributed by atoms with Crippen LogP contribution in [-0.4, -0.2) is 34.0 Å². The lowest BCUT2D eigenvalue weighted by Gasteiger charge is -2.06. The maximum Gasteiger partial charge on any atom is 0.338 e. The minimum atomic E-state index is -0.566. The summed E-state index contributed by atoms with van der Waals surface area (Å²) in [4.78, 5) is 24.4. The van der Waals surface area contributed by atoms with Crippen LogP contribution < -0.4 is 0 Å². The zero-order valence-corrected chi connectivity index (χ0v) is 11.2. The third-order valence-electron chi connectivity index (χ3n) is 3.11. The van der Waals surface area contributed by atoms with Crippen molar-refractivity contribution in [2.24, 2.45) is 0 Å². The van der Waals surface area contributed by atoms with E-state index in [0.717, 1.165) is 0 Å². The Morgan fingerprint density at radius 2 is 1.67 bits per heavy atom. The van der Waals surface area contributed by atoms with Gasteiger partial charge in [-0.1, -0.05) is 29.5 Å². The summed E-state index contributed by atoms with van der Waals surface area (Å²) in [6.07, 6.45) is 0. The second kappa shape index (κ2) is 5.16. The van der Waals surface area contributed by atoms with E-state index in [-0.39, 0.29) is 11.1 Å². The van der Waals surface area contributed by atoms with Crippen LogP contribution in [0, 0.1) is 0 Å². The lowest BCUT2D eigenvalue weighted by Crippen LogP contribution is -2.18. The lowest BCUT2D eigenvalue weighted by molar-refractivity contribution is 0.0596. The maximum absolute atomic E-state index is 12.6. The monoisotopic (exact) mass is 281 g/mol. The molecule has 0 aliphatic carbocycles. The molecule has 0 saturated carbocycles. The number of esters is 1. The number of carbonyl (C=O) groups excluding carboxylic acids is 2. The molecule has 0 N–H and O–H groups in total. The van der Waals surface area contributed by atoms with E-state index in [0.29, 0.717) is 11.0 Å². The van der Waals surface area contributed by atoms with Gasteiger partial charge < -0.3 is 4.74 Å². The standard InChI is InChI=1S/C15H11N3O3/c1-21-15(20)11-7-3-2-6-10(11)14(19)18-13-9-5-4-8-12(13)16-17-18/h2-9H,1H3. The van der Waals surface area contributed by atoms with Crippen molar-refractivity contribution in [1.29, 1.82) is 0 Å². The molecule has 0 fully saturated rings. The van der Waals surface area contributed by atoms with Crippen LogP contribution in [0.15, 0.2) is 48.5 Å². The highest BCUT2D eigenvalue weighted by atomic mass is 16.5. The summed E-state index contributed by atoms with van der Waals surface area (Å²) in [6.45, 7) is 0. The van der Waals surface area contributed by atoms with E-state index in [2.05, 4.69) is 10.3 Å². The van der Waals surface area contributed by atoms with Gasteiger partial charge in [0, 0.05) is 0 Å². The summed E-state index contributed by atoms with van der Waals surface area (Å²) in [5.41, 5.74) is 1.62. The Bertz CT molecular complexity index is 839. The number of rotatable bonds is 2. The molecule has 3 aromatic rings. The maximum atomic E-state index is 12.6. The van der Waals surface area contributed by atoms with Crippen LogP contribution in [0.2, 0.25) is 0 Å². The number of hydrogen-bond donors (Lipinski definition) is 0. The molecule has 0 amide bonds. The van der Waals surface area contributed by atoms with E-state index in [1.807, 2.05) is 6.07 Å². The Labute approximate surface area is 119 Å². The zero-order valence-electron chi connectivity index (χ0n) is 11.2. The van der Waals surface area contributed by atoms with Gasteiger partial charge in [-0.05, 0) is 24.3 Å². The first-order valence-corrected chi connectivity index (χ1v) is 6.25. The Hall–Kier alpha value is -3.02. The smallest absolute Gasteiger partial charge is 0.338 e. The van der Waals surface area contributed by atoms with Crippen molar-refractivity contribution in [2.45, 2.75) is 0 Å². The van der Waals surface area contributed by atoms with E-state index in [1.54, 1.807) is 36.4 Å². The van der Waals surface area contributed by atoms with Gasteiger partial charge in [0.2, 0.25) is 0 Å². The van der Waals surface area contributed by atoms with Crippen LogP contribution in [0.1, 0.15) is 20.7 Å². The molecule has 104 valence electrons. The highest BCUT2D eigenvalue weighted by molar-refractivity contribution is 6.07. The predicted molar refractivity (Wildman–Crippen MR) is 75.0 cm³/mol. The first kappa shape index (κ1) is 13.0. The zero-order chi connectivity index (χ0) is 14.8. The van der Waals surface area contributed by atoms with Crippen LogP contribution in [0.5, 0.6) is 0 Å². The number of nitrogens with zero attached hydrogens (tertiary/aromatic N) is 3. The summed E-state index contributed by atoms with van der Waals surface area (Å²) in [5, 5.41) is 7.80. The lowest BCUT2D eigenvalue weighted by atomic mass is 10.1. The van der Waals surface area contributed by atoms with Crippen LogP contribution in [0.25, 0.3) is 11.0 Å². The first-order chi connectivity index (χ1) is 10.2. The molecule has 0 aliphatic rings. The minimum Gasteiger partial charge on any atom is -0.465 e. The number of benzene rings is 2. The van der Waals surface area contributed by atoms with Gasteiger partial charge in [-0.25, -0.2) is 4.79 Å². The summed E-state index contributed by atoms with van der Waals surface area (Å²) >= 11 is 0. The molecule has 0 unspecified atom stereocenters. The predicted octanol–water partition coefficient (Wildman–Crippen LogP) is 1.91. The van der Waals surface area contributed by atoms with E-state index >= 15 is 0 Å². The van der Waals surface area contributed by atoms with Gasteiger partial charge in [0.05, 0.1) is 23.8 Å². The molecule has 0 spiro atoms. The van der Waals surface area contributed by atoms with Crippen molar-refractivity contribution < 1.29 is 14.3 Å². The molecule has 0 bridgehead atoms. The number of para-hydroxylation sites is 1. The van der Waals surface area contributed by atoms with Crippen molar-refractivity contribution in [3.05, 3.63) is 59.7 Å². The van der Waals surface area contributed by atoms with E-state index < -0.39 is 11.9 Å². The molecular weight excluding hydrogens is 270 g/mol. The van der Waals surface area contributed by atoms with E-state index in [9.17, 15) is 9.59 Å². The molecule has 6 heteroatoms. The number of aromatic nitrogens is 3. The third kappa shape index (κ3) is 2.16. The fourth-order valence-electron chi connectivity index (χ4n) is 2.09. The van der Waals surface area contributed by atoms with Crippen LogP contribution >= 0.6 is 0 Å². The van der Waals surface area contributed by atoms with E-state index in [1.165, 1.54) is 17.9 Å². The van der Waals surface area contributed by atoms with E-state index in [4.69, 9.17) is 4.74 Å². The summed E-state index contributed by atoms with van der Waals surface area (Å²) in [6, 6.07) is 13.6. The Morgan fingerprint density at radius 3 is 2.43 bits per heavy atom. The molecule has 1 aromatic heterocycles. The van der Waals surface area contributed by atoms with Gasteiger partial charge in [-0.15, -0.1) is 5.10 Å². The average molecular weight is 281 g/mol. The fraction of sp³-hybridized carbons (Fsp3) is 0.0667. The van der Waals surface area contributed by atoms with Crippen molar-refractivity contribution in [3.8, 4) is 0 Å². The Kier molecular flexibility index (Phi) is 3.19. The van der Waals surface area contributed by atoms with Gasteiger partial charge in [0.1, 0.15) is 5.52 Å². The van der Waals surface area contributed by atoms with Crippen molar-refractivity contribution in [3.63, 3.8) is 0 Å². The van der Waals surface area contributed by atoms with Gasteiger partial charge in [-0.2, -0.15) is 4.68 Å². The molecule has 0 radical (unpaired) electrons. The second-order valence-electron chi connectivity index (χ2n) is 4.33. The van der Waals surface area contributed by atoms with Gasteiger partial charge in [-0.3, -0.25) is 4.79 Å².